The average Bonchev–Trinajstić information content (AvgIpc) is 2.94. The second-order valence-electron chi connectivity index (χ2n) is 6.11. The Morgan fingerprint density at radius 2 is 1.71 bits per heavy atom. The summed E-state index contributed by atoms with van der Waals surface area (Å²) in [6.45, 7) is 2.25. The Morgan fingerprint density at radius 3 is 2.43 bits per heavy atom. The molecule has 0 N–H and O–H groups in total. The van der Waals surface area contributed by atoms with Gasteiger partial charge in [-0.15, -0.1) is 0 Å². The number of rotatable bonds is 10. The third-order valence-electron chi connectivity index (χ3n) is 4.28. The number of ketones is 1. The minimum absolute atomic E-state index is 0.230. The number of para-hydroxylation sites is 1. The fourth-order valence-electron chi connectivity index (χ4n) is 2.96. The molecule has 2 heteroatoms. The molecule has 0 bridgehead atoms. The molecule has 116 valence electrons. The molecule has 1 aromatic carbocycles. The highest BCUT2D eigenvalue weighted by Gasteiger charge is 2.27. The molecule has 0 spiro atoms. The summed E-state index contributed by atoms with van der Waals surface area (Å²) in [6.07, 6.45) is 11.4. The first-order valence-electron chi connectivity index (χ1n) is 8.58. The van der Waals surface area contributed by atoms with Crippen molar-refractivity contribution in [3.05, 3.63) is 29.8 Å². The molecule has 1 aromatic rings. The molecule has 0 radical (unpaired) electrons. The van der Waals surface area contributed by atoms with E-state index >= 15 is 0 Å². The van der Waals surface area contributed by atoms with Crippen molar-refractivity contribution in [1.82, 2.24) is 0 Å². The Balaban J connectivity index is 1.55. The summed E-state index contributed by atoms with van der Waals surface area (Å²) in [5.41, 5.74) is 1.17. The van der Waals surface area contributed by atoms with Gasteiger partial charge in [0.05, 0.1) is 0 Å². The first-order valence-corrected chi connectivity index (χ1v) is 8.58. The SMILES string of the molecule is CCCCCCCCCCC(=O)C1Cc2ccccc2O1. The number of Topliss-reactive ketones (excluding diaryl/α,β-unsaturated/α-hetero) is 1. The standard InChI is InChI=1S/C19H28O2/c1-2-3-4-5-6-7-8-9-13-17(20)19-15-16-12-10-11-14-18(16)21-19/h10-12,14,19H,2-9,13,15H2,1H3. The van der Waals surface area contributed by atoms with Crippen molar-refractivity contribution in [3.8, 4) is 5.75 Å². The van der Waals surface area contributed by atoms with Gasteiger partial charge in [-0.2, -0.15) is 0 Å². The number of fused-ring (bicyclic) bond motifs is 1. The first kappa shape index (κ1) is 16.1. The number of unbranched alkanes of at least 4 members (excludes halogenated alkanes) is 7. The maximum atomic E-state index is 12.2. The molecular formula is C19H28O2. The predicted octanol–water partition coefficient (Wildman–Crippen LogP) is 5.09. The Hall–Kier alpha value is -1.31. The highest BCUT2D eigenvalue weighted by Crippen LogP contribution is 2.29. The highest BCUT2D eigenvalue weighted by atomic mass is 16.5. The van der Waals surface area contributed by atoms with E-state index in [2.05, 4.69) is 13.0 Å². The van der Waals surface area contributed by atoms with Gasteiger partial charge in [-0.25, -0.2) is 0 Å². The summed E-state index contributed by atoms with van der Waals surface area (Å²) in [5.74, 6) is 1.17. The van der Waals surface area contributed by atoms with Gasteiger partial charge >= 0.3 is 0 Å². The summed E-state index contributed by atoms with van der Waals surface area (Å²) in [5, 5.41) is 0. The molecule has 0 fully saturated rings. The molecule has 1 aliphatic heterocycles. The lowest BCUT2D eigenvalue weighted by Crippen LogP contribution is -2.24. The molecule has 0 aliphatic carbocycles. The minimum Gasteiger partial charge on any atom is -0.482 e. The minimum atomic E-state index is -0.230. The summed E-state index contributed by atoms with van der Waals surface area (Å²) < 4.78 is 5.74. The van der Waals surface area contributed by atoms with E-state index in [1.165, 1.54) is 50.5 Å². The topological polar surface area (TPSA) is 26.3 Å². The number of ether oxygens (including phenoxy) is 1. The van der Waals surface area contributed by atoms with Crippen LogP contribution in [0.1, 0.15) is 70.3 Å². The summed E-state index contributed by atoms with van der Waals surface area (Å²) in [7, 11) is 0. The average molecular weight is 288 g/mol. The Kier molecular flexibility index (Phi) is 6.78. The molecular weight excluding hydrogens is 260 g/mol. The summed E-state index contributed by atoms with van der Waals surface area (Å²) >= 11 is 0. The number of hydrogen-bond acceptors (Lipinski definition) is 2. The smallest absolute Gasteiger partial charge is 0.173 e. The maximum absolute atomic E-state index is 12.2. The Morgan fingerprint density at radius 1 is 1.05 bits per heavy atom. The van der Waals surface area contributed by atoms with Gasteiger partial charge in [0.1, 0.15) is 5.75 Å². The zero-order valence-electron chi connectivity index (χ0n) is 13.3. The van der Waals surface area contributed by atoms with Gasteiger partial charge in [0, 0.05) is 12.8 Å². The van der Waals surface area contributed by atoms with Crippen LogP contribution in [0.25, 0.3) is 0 Å². The van der Waals surface area contributed by atoms with E-state index in [0.29, 0.717) is 6.42 Å². The van der Waals surface area contributed by atoms with E-state index in [0.717, 1.165) is 18.6 Å². The van der Waals surface area contributed by atoms with E-state index < -0.39 is 0 Å². The zero-order chi connectivity index (χ0) is 14.9. The van der Waals surface area contributed by atoms with E-state index in [-0.39, 0.29) is 11.9 Å². The fraction of sp³-hybridized carbons (Fsp3) is 0.632. The zero-order valence-corrected chi connectivity index (χ0v) is 13.3. The van der Waals surface area contributed by atoms with Crippen LogP contribution in [0, 0.1) is 0 Å². The van der Waals surface area contributed by atoms with E-state index in [4.69, 9.17) is 4.74 Å². The van der Waals surface area contributed by atoms with Gasteiger partial charge in [-0.05, 0) is 18.1 Å². The van der Waals surface area contributed by atoms with E-state index in [9.17, 15) is 4.79 Å². The second kappa shape index (κ2) is 8.86. The van der Waals surface area contributed by atoms with Crippen LogP contribution in [0.3, 0.4) is 0 Å². The third kappa shape index (κ3) is 5.18. The molecule has 1 heterocycles. The molecule has 1 atom stereocenters. The lowest BCUT2D eigenvalue weighted by Gasteiger charge is -2.09. The van der Waals surface area contributed by atoms with Crippen molar-refractivity contribution in [2.24, 2.45) is 0 Å². The third-order valence-corrected chi connectivity index (χ3v) is 4.28. The molecule has 2 nitrogen and oxygen atoms in total. The van der Waals surface area contributed by atoms with Gasteiger partial charge in [0.2, 0.25) is 0 Å². The Labute approximate surface area is 128 Å². The summed E-state index contributed by atoms with van der Waals surface area (Å²) in [4.78, 5) is 12.2. The van der Waals surface area contributed by atoms with Crippen LogP contribution in [0.2, 0.25) is 0 Å². The molecule has 0 amide bonds. The normalized spacial score (nSPS) is 16.5. The van der Waals surface area contributed by atoms with Crippen LogP contribution in [0.4, 0.5) is 0 Å². The van der Waals surface area contributed by atoms with Crippen molar-refractivity contribution in [3.63, 3.8) is 0 Å². The molecule has 1 aliphatic rings. The lowest BCUT2D eigenvalue weighted by atomic mass is 10.0. The monoisotopic (exact) mass is 288 g/mol. The predicted molar refractivity (Wildman–Crippen MR) is 86.8 cm³/mol. The van der Waals surface area contributed by atoms with Crippen molar-refractivity contribution in [1.29, 1.82) is 0 Å². The van der Waals surface area contributed by atoms with Gasteiger partial charge < -0.3 is 4.74 Å². The van der Waals surface area contributed by atoms with Gasteiger partial charge in [0.15, 0.2) is 11.9 Å². The quantitative estimate of drug-likeness (QED) is 0.560. The van der Waals surface area contributed by atoms with E-state index in [1.54, 1.807) is 0 Å². The molecule has 21 heavy (non-hydrogen) atoms. The number of carbonyl (C=O) groups excluding carboxylic acids is 1. The van der Waals surface area contributed by atoms with Crippen molar-refractivity contribution in [2.45, 2.75) is 77.2 Å². The molecule has 1 unspecified atom stereocenters. The second-order valence-corrected chi connectivity index (χ2v) is 6.11. The molecule has 0 saturated carbocycles. The summed E-state index contributed by atoms with van der Waals surface area (Å²) in [6, 6.07) is 7.98. The number of benzene rings is 1. The largest absolute Gasteiger partial charge is 0.482 e. The van der Waals surface area contributed by atoms with Crippen LogP contribution in [-0.2, 0) is 11.2 Å². The fourth-order valence-corrected chi connectivity index (χ4v) is 2.96. The van der Waals surface area contributed by atoms with Crippen LogP contribution < -0.4 is 4.74 Å². The van der Waals surface area contributed by atoms with Gasteiger partial charge in [0.25, 0.3) is 0 Å². The van der Waals surface area contributed by atoms with Crippen LogP contribution in [-0.4, -0.2) is 11.9 Å². The first-order chi connectivity index (χ1) is 10.3. The Bertz CT molecular complexity index is 414. The maximum Gasteiger partial charge on any atom is 0.173 e. The molecule has 2 rings (SSSR count). The molecule has 0 saturated heterocycles. The molecule has 0 aromatic heterocycles. The van der Waals surface area contributed by atoms with E-state index in [1.807, 2.05) is 18.2 Å². The van der Waals surface area contributed by atoms with Crippen LogP contribution >= 0.6 is 0 Å². The van der Waals surface area contributed by atoms with Crippen molar-refractivity contribution < 1.29 is 9.53 Å². The van der Waals surface area contributed by atoms with Gasteiger partial charge in [-0.3, -0.25) is 4.79 Å². The van der Waals surface area contributed by atoms with Crippen LogP contribution in [0.5, 0.6) is 5.75 Å². The van der Waals surface area contributed by atoms with Crippen LogP contribution in [0.15, 0.2) is 24.3 Å². The lowest BCUT2D eigenvalue weighted by molar-refractivity contribution is -0.125. The number of carbonyl (C=O) groups is 1. The van der Waals surface area contributed by atoms with Gasteiger partial charge in [-0.1, -0.05) is 70.1 Å². The number of hydrogen-bond donors (Lipinski definition) is 0. The van der Waals surface area contributed by atoms with Crippen molar-refractivity contribution >= 4 is 5.78 Å². The van der Waals surface area contributed by atoms with Crippen molar-refractivity contribution in [2.75, 3.05) is 0 Å². The highest BCUT2D eigenvalue weighted by molar-refractivity contribution is 5.84.